The molecule has 1 unspecified atom stereocenters. The summed E-state index contributed by atoms with van der Waals surface area (Å²) in [7, 11) is 0. The summed E-state index contributed by atoms with van der Waals surface area (Å²) in [5.74, 6) is -1.19. The maximum absolute atomic E-state index is 15.3. The summed E-state index contributed by atoms with van der Waals surface area (Å²) in [5.41, 5.74) is 8.36. The van der Waals surface area contributed by atoms with E-state index in [0.717, 1.165) is 16.7 Å². The molecule has 0 spiro atoms. The van der Waals surface area contributed by atoms with Crippen LogP contribution in [-0.4, -0.2) is 60.0 Å². The van der Waals surface area contributed by atoms with Gasteiger partial charge in [-0.25, -0.2) is 18.7 Å². The standard InChI is InChI=1S/C39H36F2N6O4/c40-32(25-50-39(29-12-4-1-5-13-29,30-14-6-2-7-15-30)31-16-8-3-9-17-31)26-51-46-33-22-47(23-33)38-44-20-28(21-45-38)34-18-10-11-27(37(34)41)24-49-36(48)19-35(42)43/h1-18,20-21,32H,19,22-26H2,(H3,42,43). The van der Waals surface area contributed by atoms with Crippen molar-refractivity contribution in [2.75, 3.05) is 31.2 Å². The summed E-state index contributed by atoms with van der Waals surface area (Å²) in [6.07, 6.45) is 1.19. The molecule has 4 aromatic carbocycles. The Morgan fingerprint density at radius 2 is 1.43 bits per heavy atom. The van der Waals surface area contributed by atoms with Crippen LogP contribution in [0.1, 0.15) is 28.7 Å². The average Bonchev–Trinajstić information content (AvgIpc) is 3.14. The molecule has 0 saturated carbocycles. The molecule has 5 aromatic rings. The summed E-state index contributed by atoms with van der Waals surface area (Å²) >= 11 is 0. The molecule has 1 atom stereocenters. The highest BCUT2D eigenvalue weighted by atomic mass is 19.1. The minimum Gasteiger partial charge on any atom is -0.460 e. The van der Waals surface area contributed by atoms with E-state index >= 15 is 8.78 Å². The molecule has 0 aliphatic carbocycles. The van der Waals surface area contributed by atoms with Gasteiger partial charge in [-0.05, 0) is 16.7 Å². The van der Waals surface area contributed by atoms with Crippen molar-refractivity contribution < 1.29 is 27.9 Å². The minimum absolute atomic E-state index is 0.169. The van der Waals surface area contributed by atoms with E-state index in [2.05, 4.69) is 15.1 Å². The number of nitrogens with two attached hydrogens (primary N) is 1. The average molecular weight is 691 g/mol. The van der Waals surface area contributed by atoms with Crippen molar-refractivity contribution in [2.24, 2.45) is 10.9 Å². The highest BCUT2D eigenvalue weighted by Gasteiger charge is 2.38. The Hall–Kier alpha value is -6.01. The quantitative estimate of drug-likeness (QED) is 0.0437. The SMILES string of the molecule is N=C(N)CC(=O)OCc1cccc(-c2cnc(N3CC(=NOCC(F)COC(c4ccccc4)(c4ccccc4)c4ccccc4)C3)nc2)c1F. The second-order valence-electron chi connectivity index (χ2n) is 11.9. The fourth-order valence-corrected chi connectivity index (χ4v) is 5.74. The first-order valence-corrected chi connectivity index (χ1v) is 16.3. The Labute approximate surface area is 294 Å². The third-order valence-electron chi connectivity index (χ3n) is 8.25. The largest absolute Gasteiger partial charge is 0.460 e. The fourth-order valence-electron chi connectivity index (χ4n) is 5.74. The number of aromatic nitrogens is 2. The van der Waals surface area contributed by atoms with Crippen LogP contribution in [0.15, 0.2) is 127 Å². The van der Waals surface area contributed by atoms with Crippen LogP contribution >= 0.6 is 0 Å². The van der Waals surface area contributed by atoms with E-state index in [0.29, 0.717) is 30.3 Å². The lowest BCUT2D eigenvalue weighted by molar-refractivity contribution is -0.143. The number of nitrogens with zero attached hydrogens (tertiary/aromatic N) is 4. The van der Waals surface area contributed by atoms with E-state index in [1.54, 1.807) is 12.1 Å². The predicted octanol–water partition coefficient (Wildman–Crippen LogP) is 6.19. The number of carbonyl (C=O) groups excluding carboxylic acids is 1. The zero-order valence-electron chi connectivity index (χ0n) is 27.6. The van der Waals surface area contributed by atoms with Gasteiger partial charge in [-0.1, -0.05) is 114 Å². The second kappa shape index (κ2) is 16.1. The molecule has 51 heavy (non-hydrogen) atoms. The number of halogens is 2. The van der Waals surface area contributed by atoms with Crippen LogP contribution in [0.2, 0.25) is 0 Å². The van der Waals surface area contributed by atoms with Gasteiger partial charge in [0.05, 0.1) is 25.4 Å². The number of rotatable bonds is 15. The third-order valence-corrected chi connectivity index (χ3v) is 8.25. The van der Waals surface area contributed by atoms with E-state index in [4.69, 9.17) is 25.5 Å². The molecule has 12 heteroatoms. The van der Waals surface area contributed by atoms with Crippen LogP contribution in [0, 0.1) is 11.2 Å². The summed E-state index contributed by atoms with van der Waals surface area (Å²) < 4.78 is 42.1. The van der Waals surface area contributed by atoms with Crippen molar-refractivity contribution in [2.45, 2.75) is 24.8 Å². The molecule has 1 fully saturated rings. The fraction of sp³-hybridized carbons (Fsp3) is 0.205. The van der Waals surface area contributed by atoms with Gasteiger partial charge in [-0.3, -0.25) is 10.2 Å². The Kier molecular flexibility index (Phi) is 11.0. The lowest BCUT2D eigenvalue weighted by Gasteiger charge is -2.36. The van der Waals surface area contributed by atoms with Gasteiger partial charge in [-0.2, -0.15) is 0 Å². The zero-order valence-corrected chi connectivity index (χ0v) is 27.6. The lowest BCUT2D eigenvalue weighted by Crippen LogP contribution is -2.48. The number of oxime groups is 1. The number of amidine groups is 1. The molecular formula is C39H36F2N6O4. The van der Waals surface area contributed by atoms with Crippen LogP contribution in [0.4, 0.5) is 14.7 Å². The highest BCUT2D eigenvalue weighted by Crippen LogP contribution is 2.40. The second-order valence-corrected chi connectivity index (χ2v) is 11.9. The van der Waals surface area contributed by atoms with Crippen LogP contribution in [-0.2, 0) is 31.3 Å². The van der Waals surface area contributed by atoms with Gasteiger partial charge in [0, 0.05) is 29.1 Å². The molecule has 6 rings (SSSR count). The molecule has 10 nitrogen and oxygen atoms in total. The number of anilines is 1. The Balaban J connectivity index is 1.03. The van der Waals surface area contributed by atoms with Crippen molar-refractivity contribution in [3.63, 3.8) is 0 Å². The van der Waals surface area contributed by atoms with E-state index in [1.165, 1.54) is 18.5 Å². The zero-order chi connectivity index (χ0) is 35.6. The number of ether oxygens (including phenoxy) is 2. The van der Waals surface area contributed by atoms with Crippen LogP contribution < -0.4 is 10.6 Å². The lowest BCUT2D eigenvalue weighted by atomic mass is 9.80. The van der Waals surface area contributed by atoms with Crippen molar-refractivity contribution in [3.05, 3.63) is 150 Å². The van der Waals surface area contributed by atoms with Gasteiger partial charge in [0.15, 0.2) is 12.8 Å². The molecular weight excluding hydrogens is 654 g/mol. The van der Waals surface area contributed by atoms with Crippen LogP contribution in [0.3, 0.4) is 0 Å². The van der Waals surface area contributed by atoms with Crippen molar-refractivity contribution >= 4 is 23.5 Å². The maximum Gasteiger partial charge on any atom is 0.313 e. The summed E-state index contributed by atoms with van der Waals surface area (Å²) in [5, 5.41) is 11.3. The molecule has 2 heterocycles. The molecule has 1 aliphatic rings. The maximum atomic E-state index is 15.3. The molecule has 1 aromatic heterocycles. The van der Waals surface area contributed by atoms with E-state index < -0.39 is 23.6 Å². The van der Waals surface area contributed by atoms with Crippen molar-refractivity contribution in [3.8, 4) is 11.1 Å². The number of carbonyl (C=O) groups is 1. The van der Waals surface area contributed by atoms with Crippen LogP contribution in [0.25, 0.3) is 11.1 Å². The first kappa shape index (κ1) is 34.8. The predicted molar refractivity (Wildman–Crippen MR) is 189 cm³/mol. The number of esters is 1. The van der Waals surface area contributed by atoms with Gasteiger partial charge < -0.3 is 24.9 Å². The Bertz CT molecular complexity index is 1860. The smallest absolute Gasteiger partial charge is 0.313 e. The molecule has 0 bridgehead atoms. The first-order valence-electron chi connectivity index (χ1n) is 16.3. The summed E-state index contributed by atoms with van der Waals surface area (Å²) in [4.78, 5) is 27.7. The van der Waals surface area contributed by atoms with Crippen molar-refractivity contribution in [1.82, 2.24) is 9.97 Å². The van der Waals surface area contributed by atoms with E-state index in [1.807, 2.05) is 95.9 Å². The number of alkyl halides is 1. The van der Waals surface area contributed by atoms with Gasteiger partial charge in [-0.15, -0.1) is 0 Å². The van der Waals surface area contributed by atoms with Gasteiger partial charge in [0.2, 0.25) is 5.95 Å². The van der Waals surface area contributed by atoms with E-state index in [9.17, 15) is 4.79 Å². The Morgan fingerprint density at radius 1 is 0.863 bits per heavy atom. The van der Waals surface area contributed by atoms with Crippen molar-refractivity contribution in [1.29, 1.82) is 5.41 Å². The molecule has 1 saturated heterocycles. The topological polar surface area (TPSA) is 136 Å². The number of hydrogen-bond donors (Lipinski definition) is 2. The molecule has 3 N–H and O–H groups in total. The molecule has 1 aliphatic heterocycles. The minimum atomic E-state index is -1.46. The number of benzene rings is 4. The monoisotopic (exact) mass is 690 g/mol. The molecule has 0 amide bonds. The normalized spacial score (nSPS) is 13.2. The Morgan fingerprint density at radius 3 is 1.98 bits per heavy atom. The highest BCUT2D eigenvalue weighted by molar-refractivity contribution is 5.98. The third kappa shape index (κ3) is 8.25. The number of hydrogen-bond acceptors (Lipinski definition) is 9. The van der Waals surface area contributed by atoms with Gasteiger partial charge in [0.1, 0.15) is 30.3 Å². The van der Waals surface area contributed by atoms with Crippen LogP contribution in [0.5, 0.6) is 0 Å². The summed E-state index contributed by atoms with van der Waals surface area (Å²) in [6, 6.07) is 34.0. The first-order chi connectivity index (χ1) is 24.8. The van der Waals surface area contributed by atoms with Gasteiger partial charge in [0.25, 0.3) is 0 Å². The van der Waals surface area contributed by atoms with E-state index in [-0.39, 0.29) is 43.2 Å². The summed E-state index contributed by atoms with van der Waals surface area (Å²) in [6.45, 7) is -0.0361. The molecule has 260 valence electrons. The molecule has 0 radical (unpaired) electrons. The number of nitrogens with one attached hydrogen (secondary N) is 1. The van der Waals surface area contributed by atoms with Gasteiger partial charge >= 0.3 is 5.97 Å².